The molecule has 4 rings (SSSR count). The first kappa shape index (κ1) is 15.6. The van der Waals surface area contributed by atoms with Crippen LogP contribution in [0.2, 0.25) is 0 Å². The highest BCUT2D eigenvalue weighted by Gasteiger charge is 2.21. The molecule has 2 nitrogen and oxygen atoms in total. The molecule has 0 radical (unpaired) electrons. The van der Waals surface area contributed by atoms with Crippen molar-refractivity contribution in [3.8, 4) is 0 Å². The van der Waals surface area contributed by atoms with Crippen LogP contribution in [0.5, 0.6) is 0 Å². The first-order valence-electron chi connectivity index (χ1n) is 8.05. The summed E-state index contributed by atoms with van der Waals surface area (Å²) in [5.41, 5.74) is 4.40. The quantitative estimate of drug-likeness (QED) is 0.798. The molecule has 23 heavy (non-hydrogen) atoms. The zero-order chi connectivity index (χ0) is 15.6. The number of carbonyl (C=O) groups is 1. The molecule has 5 heteroatoms. The molecule has 0 bridgehead atoms. The minimum Gasteiger partial charge on any atom is -0.322 e. The van der Waals surface area contributed by atoms with E-state index in [0.29, 0.717) is 4.58 Å². The molecule has 1 saturated heterocycles. The third-order valence-corrected chi connectivity index (χ3v) is 8.54. The topological polar surface area (TPSA) is 29.1 Å². The molecule has 0 saturated carbocycles. The first-order chi connectivity index (χ1) is 11.3. The molecule has 1 aromatic heterocycles. The fourth-order valence-electron chi connectivity index (χ4n) is 3.20. The molecule has 1 aliphatic heterocycles. The number of anilines is 1. The molecular weight excluding hydrogens is 342 g/mol. The van der Waals surface area contributed by atoms with Gasteiger partial charge in [0.05, 0.1) is 10.1 Å². The van der Waals surface area contributed by atoms with Crippen LogP contribution in [-0.4, -0.2) is 17.4 Å². The zero-order valence-electron chi connectivity index (χ0n) is 12.8. The van der Waals surface area contributed by atoms with Crippen molar-refractivity contribution in [1.29, 1.82) is 0 Å². The van der Waals surface area contributed by atoms with Gasteiger partial charge in [-0.05, 0) is 48.9 Å². The Morgan fingerprint density at radius 2 is 1.96 bits per heavy atom. The minimum absolute atomic E-state index is 0.0493. The molecule has 1 fully saturated rings. The van der Waals surface area contributed by atoms with Gasteiger partial charge in [0.15, 0.2) is 0 Å². The Bertz CT molecular complexity index is 719. The molecule has 120 valence electrons. The monoisotopic (exact) mass is 361 g/mol. The average Bonchev–Trinajstić information content (AvgIpc) is 3.25. The molecular formula is C18H19NOS3. The third-order valence-electron chi connectivity index (χ3n) is 4.34. The van der Waals surface area contributed by atoms with Crippen molar-refractivity contribution >= 4 is 46.5 Å². The van der Waals surface area contributed by atoms with E-state index in [1.165, 1.54) is 40.4 Å². The van der Waals surface area contributed by atoms with E-state index in [1.807, 2.05) is 41.0 Å². The van der Waals surface area contributed by atoms with Gasteiger partial charge in [-0.25, -0.2) is 0 Å². The summed E-state index contributed by atoms with van der Waals surface area (Å²) in [6.45, 7) is 0. The van der Waals surface area contributed by atoms with Crippen LogP contribution in [0.4, 0.5) is 5.69 Å². The molecule has 0 unspecified atom stereocenters. The van der Waals surface area contributed by atoms with Crippen molar-refractivity contribution < 1.29 is 4.79 Å². The summed E-state index contributed by atoms with van der Waals surface area (Å²) < 4.78 is 0.515. The van der Waals surface area contributed by atoms with E-state index in [4.69, 9.17) is 0 Å². The average molecular weight is 362 g/mol. The predicted molar refractivity (Wildman–Crippen MR) is 103 cm³/mol. The predicted octanol–water partition coefficient (Wildman–Crippen LogP) is 5.36. The van der Waals surface area contributed by atoms with Gasteiger partial charge in [-0.3, -0.25) is 4.79 Å². The van der Waals surface area contributed by atoms with Gasteiger partial charge in [0.1, 0.15) is 0 Å². The van der Waals surface area contributed by atoms with Crippen molar-refractivity contribution in [3.05, 3.63) is 51.2 Å². The van der Waals surface area contributed by atoms with Gasteiger partial charge in [0, 0.05) is 27.5 Å². The second-order valence-electron chi connectivity index (χ2n) is 5.91. The smallest absolute Gasteiger partial charge is 0.256 e. The highest BCUT2D eigenvalue weighted by atomic mass is 32.2. The molecule has 2 aliphatic rings. The Balaban J connectivity index is 1.52. The van der Waals surface area contributed by atoms with Gasteiger partial charge in [-0.2, -0.15) is 0 Å². The van der Waals surface area contributed by atoms with E-state index in [9.17, 15) is 4.79 Å². The number of carbonyl (C=O) groups excluding carboxylic acids is 1. The Kier molecular flexibility index (Phi) is 4.69. The summed E-state index contributed by atoms with van der Waals surface area (Å²) in [4.78, 5) is 14.1. The number of hydrogen-bond acceptors (Lipinski definition) is 4. The third kappa shape index (κ3) is 3.32. The van der Waals surface area contributed by atoms with Crippen LogP contribution in [0.15, 0.2) is 29.6 Å². The second kappa shape index (κ2) is 6.91. The normalized spacial score (nSPS) is 17.9. The minimum atomic E-state index is 0.0493. The summed E-state index contributed by atoms with van der Waals surface area (Å²) in [5.74, 6) is 2.48. The number of benzene rings is 1. The molecule has 0 spiro atoms. The summed E-state index contributed by atoms with van der Waals surface area (Å²) in [6.07, 6.45) is 4.65. The summed E-state index contributed by atoms with van der Waals surface area (Å²) in [7, 11) is 0. The molecule has 1 aliphatic carbocycles. The fraction of sp³-hybridized carbons (Fsp3) is 0.389. The van der Waals surface area contributed by atoms with Crippen molar-refractivity contribution in [3.63, 3.8) is 0 Å². The van der Waals surface area contributed by atoms with Gasteiger partial charge >= 0.3 is 0 Å². The van der Waals surface area contributed by atoms with E-state index < -0.39 is 0 Å². The molecule has 1 N–H and O–H groups in total. The number of hydrogen-bond donors (Lipinski definition) is 1. The summed E-state index contributed by atoms with van der Waals surface area (Å²) in [6, 6.07) is 8.34. The van der Waals surface area contributed by atoms with Crippen LogP contribution in [0, 0.1) is 0 Å². The lowest BCUT2D eigenvalue weighted by Crippen LogP contribution is -2.14. The molecule has 0 atom stereocenters. The van der Waals surface area contributed by atoms with E-state index in [0.717, 1.165) is 24.1 Å². The van der Waals surface area contributed by atoms with Crippen molar-refractivity contribution in [2.75, 3.05) is 16.8 Å². The summed E-state index contributed by atoms with van der Waals surface area (Å²) in [5, 5.41) is 5.15. The van der Waals surface area contributed by atoms with E-state index in [1.54, 1.807) is 11.3 Å². The maximum Gasteiger partial charge on any atom is 0.256 e. The number of fused-ring (bicyclic) bond motifs is 1. The van der Waals surface area contributed by atoms with Crippen LogP contribution >= 0.6 is 34.9 Å². The van der Waals surface area contributed by atoms with Gasteiger partial charge < -0.3 is 5.32 Å². The van der Waals surface area contributed by atoms with Gasteiger partial charge in [0.2, 0.25) is 0 Å². The van der Waals surface area contributed by atoms with Crippen LogP contribution in [0.25, 0.3) is 0 Å². The molecule has 2 aromatic rings. The lowest BCUT2D eigenvalue weighted by atomic mass is 9.95. The number of aryl methyl sites for hydroxylation is 1. The standard InChI is InChI=1S/C18H19NOS3/c20-17(15-11-23-16-7-2-1-6-14(15)16)19-13-5-3-4-12(10-13)18-21-8-9-22-18/h3-5,10-11,18H,1-2,6-9H2,(H,19,20). The van der Waals surface area contributed by atoms with Crippen molar-refractivity contribution in [2.24, 2.45) is 0 Å². The van der Waals surface area contributed by atoms with Gasteiger partial charge in [-0.15, -0.1) is 34.9 Å². The number of nitrogens with one attached hydrogen (secondary N) is 1. The maximum atomic E-state index is 12.7. The molecule has 1 aromatic carbocycles. The number of rotatable bonds is 3. The van der Waals surface area contributed by atoms with Crippen LogP contribution in [0.1, 0.15) is 43.8 Å². The van der Waals surface area contributed by atoms with E-state index >= 15 is 0 Å². The highest BCUT2D eigenvalue weighted by Crippen LogP contribution is 2.45. The number of amides is 1. The van der Waals surface area contributed by atoms with Crippen molar-refractivity contribution in [2.45, 2.75) is 30.3 Å². The van der Waals surface area contributed by atoms with Gasteiger partial charge in [0.25, 0.3) is 5.91 Å². The number of thioether (sulfide) groups is 2. The number of thiophene rings is 1. The lowest BCUT2D eigenvalue weighted by Gasteiger charge is -2.14. The highest BCUT2D eigenvalue weighted by molar-refractivity contribution is 8.19. The van der Waals surface area contributed by atoms with Crippen LogP contribution in [-0.2, 0) is 12.8 Å². The van der Waals surface area contributed by atoms with Crippen LogP contribution < -0.4 is 5.32 Å². The Morgan fingerprint density at radius 3 is 2.83 bits per heavy atom. The maximum absolute atomic E-state index is 12.7. The Labute approximate surface area is 149 Å². The van der Waals surface area contributed by atoms with E-state index in [-0.39, 0.29) is 5.91 Å². The molecule has 2 heterocycles. The fourth-order valence-corrected chi connectivity index (χ4v) is 7.16. The Morgan fingerprint density at radius 1 is 1.13 bits per heavy atom. The zero-order valence-corrected chi connectivity index (χ0v) is 15.3. The van der Waals surface area contributed by atoms with Gasteiger partial charge in [-0.1, -0.05) is 12.1 Å². The van der Waals surface area contributed by atoms with Crippen molar-refractivity contribution in [1.82, 2.24) is 0 Å². The summed E-state index contributed by atoms with van der Waals surface area (Å²) >= 11 is 5.73. The first-order valence-corrected chi connectivity index (χ1v) is 11.0. The second-order valence-corrected chi connectivity index (χ2v) is 9.60. The lowest BCUT2D eigenvalue weighted by molar-refractivity contribution is 0.102. The largest absolute Gasteiger partial charge is 0.322 e. The van der Waals surface area contributed by atoms with E-state index in [2.05, 4.69) is 17.4 Å². The Hall–Kier alpha value is -0.910. The SMILES string of the molecule is O=C(Nc1cccc(C2SCCS2)c1)c1csc2c1CCCC2. The molecule has 1 amide bonds. The van der Waals surface area contributed by atoms with Crippen LogP contribution in [0.3, 0.4) is 0 Å².